The molecule has 2 N–H and O–H groups in total. The first-order valence-corrected chi connectivity index (χ1v) is 10.4. The molecular formula is C19H19FN2O9S. The summed E-state index contributed by atoms with van der Waals surface area (Å²) in [6.07, 6.45) is -5.20. The van der Waals surface area contributed by atoms with Crippen LogP contribution >= 0.6 is 0 Å². The SMILES string of the molecule is CC(=O)O[C@@H]1[C@H](OC(C)=O)[C@@H](C(F)S(=O)c2ccc(O)cc2)O[C@H]1n1ccc(=O)[nH]c1=O. The second kappa shape index (κ2) is 9.44. The minimum Gasteiger partial charge on any atom is -0.508 e. The molecule has 0 spiro atoms. The van der Waals surface area contributed by atoms with Crippen LogP contribution in [0.15, 0.2) is 51.0 Å². The van der Waals surface area contributed by atoms with E-state index in [1.807, 2.05) is 4.98 Å². The smallest absolute Gasteiger partial charge is 0.330 e. The number of H-pyrrole nitrogens is 1. The van der Waals surface area contributed by atoms with Gasteiger partial charge in [-0.15, -0.1) is 0 Å². The molecule has 1 saturated heterocycles. The summed E-state index contributed by atoms with van der Waals surface area (Å²) >= 11 is 0. The standard InChI is InChI=1S/C19H19FN2O9S/c1-9(23)29-14-15(17(20)32(28)12-5-3-11(25)4-6-12)31-18(16(14)30-10(2)24)22-8-7-13(26)21-19(22)27/h3-8,14-18,25H,1-2H3,(H,21,26,27)/t14-,15+,16-,17?,18-,32?/m1/s1. The van der Waals surface area contributed by atoms with Gasteiger partial charge in [0.25, 0.3) is 5.56 Å². The Hall–Kier alpha value is -3.32. The van der Waals surface area contributed by atoms with Gasteiger partial charge in [-0.3, -0.25) is 28.1 Å². The Morgan fingerprint density at radius 3 is 2.28 bits per heavy atom. The summed E-state index contributed by atoms with van der Waals surface area (Å²) in [6.45, 7) is 2.08. The van der Waals surface area contributed by atoms with Gasteiger partial charge in [-0.25, -0.2) is 9.18 Å². The maximum absolute atomic E-state index is 15.4. The topological polar surface area (TPSA) is 154 Å². The van der Waals surface area contributed by atoms with Crippen molar-refractivity contribution >= 4 is 22.7 Å². The van der Waals surface area contributed by atoms with Crippen LogP contribution in [0.3, 0.4) is 0 Å². The van der Waals surface area contributed by atoms with Crippen molar-refractivity contribution in [2.75, 3.05) is 0 Å². The Bertz CT molecular complexity index is 1150. The highest BCUT2D eigenvalue weighted by atomic mass is 32.2. The number of aromatic nitrogens is 2. The summed E-state index contributed by atoms with van der Waals surface area (Å²) < 4.78 is 44.9. The van der Waals surface area contributed by atoms with E-state index in [1.165, 1.54) is 24.3 Å². The van der Waals surface area contributed by atoms with Crippen molar-refractivity contribution in [1.29, 1.82) is 0 Å². The number of alkyl halides is 1. The van der Waals surface area contributed by atoms with E-state index in [1.54, 1.807) is 0 Å². The fraction of sp³-hybridized carbons (Fsp3) is 0.368. The number of ether oxygens (including phenoxy) is 3. The molecule has 6 atom stereocenters. The van der Waals surface area contributed by atoms with Gasteiger partial charge >= 0.3 is 17.6 Å². The monoisotopic (exact) mass is 470 g/mol. The van der Waals surface area contributed by atoms with Gasteiger partial charge in [0, 0.05) is 31.0 Å². The van der Waals surface area contributed by atoms with Crippen molar-refractivity contribution in [1.82, 2.24) is 9.55 Å². The number of hydrogen-bond donors (Lipinski definition) is 2. The van der Waals surface area contributed by atoms with E-state index in [0.717, 1.165) is 30.7 Å². The predicted octanol–water partition coefficient (Wildman–Crippen LogP) is 0.106. The lowest BCUT2D eigenvalue weighted by Gasteiger charge is -2.24. The van der Waals surface area contributed by atoms with Crippen LogP contribution in [0.2, 0.25) is 0 Å². The van der Waals surface area contributed by atoms with Crippen molar-refractivity contribution in [3.05, 3.63) is 57.4 Å². The minimum absolute atomic E-state index is 0.00849. The van der Waals surface area contributed by atoms with Crippen LogP contribution in [0, 0.1) is 0 Å². The number of halogens is 1. The summed E-state index contributed by atoms with van der Waals surface area (Å²) in [4.78, 5) is 49.0. The molecule has 172 valence electrons. The van der Waals surface area contributed by atoms with Crippen LogP contribution < -0.4 is 11.2 Å². The van der Waals surface area contributed by atoms with Crippen LogP contribution in [0.5, 0.6) is 5.75 Å². The zero-order chi connectivity index (χ0) is 23.6. The summed E-state index contributed by atoms with van der Waals surface area (Å²) in [5, 5.41) is 9.37. The molecular weight excluding hydrogens is 451 g/mol. The summed E-state index contributed by atoms with van der Waals surface area (Å²) in [5.74, 6) is -1.82. The maximum Gasteiger partial charge on any atom is 0.330 e. The normalized spacial score (nSPS) is 24.5. The lowest BCUT2D eigenvalue weighted by molar-refractivity contribution is -0.165. The quantitative estimate of drug-likeness (QED) is 0.560. The first kappa shape index (κ1) is 23.3. The van der Waals surface area contributed by atoms with Crippen molar-refractivity contribution in [3.63, 3.8) is 0 Å². The molecule has 11 nitrogen and oxygen atoms in total. The molecule has 1 fully saturated rings. The Morgan fingerprint density at radius 2 is 1.72 bits per heavy atom. The van der Waals surface area contributed by atoms with E-state index in [2.05, 4.69) is 0 Å². The van der Waals surface area contributed by atoms with Gasteiger partial charge in [0.2, 0.25) is 5.50 Å². The van der Waals surface area contributed by atoms with E-state index < -0.39 is 64.0 Å². The molecule has 32 heavy (non-hydrogen) atoms. The molecule has 0 radical (unpaired) electrons. The van der Waals surface area contributed by atoms with Gasteiger partial charge in [-0.05, 0) is 24.3 Å². The lowest BCUT2D eigenvalue weighted by atomic mass is 10.1. The number of carbonyl (C=O) groups is 2. The number of esters is 2. The van der Waals surface area contributed by atoms with E-state index >= 15 is 4.39 Å². The number of aromatic hydroxyl groups is 1. The van der Waals surface area contributed by atoms with Gasteiger partial charge in [0.1, 0.15) is 11.9 Å². The highest BCUT2D eigenvalue weighted by Gasteiger charge is 2.54. The van der Waals surface area contributed by atoms with E-state index in [-0.39, 0.29) is 10.6 Å². The molecule has 3 rings (SSSR count). The number of nitrogens with zero attached hydrogens (tertiary/aromatic N) is 1. The first-order chi connectivity index (χ1) is 15.1. The Labute approximate surface area is 182 Å². The second-order valence-corrected chi connectivity index (χ2v) is 8.32. The molecule has 2 heterocycles. The molecule has 2 aromatic rings. The van der Waals surface area contributed by atoms with Crippen molar-refractivity contribution in [2.24, 2.45) is 0 Å². The third-order valence-electron chi connectivity index (χ3n) is 4.49. The molecule has 13 heteroatoms. The number of rotatable bonds is 6. The van der Waals surface area contributed by atoms with Gasteiger partial charge in [-0.1, -0.05) is 0 Å². The summed E-state index contributed by atoms with van der Waals surface area (Å²) in [6, 6.07) is 5.89. The number of aromatic amines is 1. The van der Waals surface area contributed by atoms with Gasteiger partial charge in [0.15, 0.2) is 18.4 Å². The van der Waals surface area contributed by atoms with Gasteiger partial charge in [0.05, 0.1) is 10.8 Å². The molecule has 2 unspecified atom stereocenters. The summed E-state index contributed by atoms with van der Waals surface area (Å²) in [5.41, 5.74) is -3.94. The number of hydrogen-bond acceptors (Lipinski definition) is 9. The maximum atomic E-state index is 15.4. The molecule has 1 aliphatic rings. The van der Waals surface area contributed by atoms with Crippen LogP contribution in [-0.4, -0.2) is 54.6 Å². The molecule has 1 aromatic heterocycles. The average Bonchev–Trinajstić information content (AvgIpc) is 3.04. The Kier molecular flexibility index (Phi) is 6.89. The fourth-order valence-electron chi connectivity index (χ4n) is 3.20. The Balaban J connectivity index is 2.02. The Morgan fingerprint density at radius 1 is 1.12 bits per heavy atom. The average molecular weight is 470 g/mol. The molecule has 1 aromatic carbocycles. The minimum atomic E-state index is -2.35. The highest BCUT2D eigenvalue weighted by molar-refractivity contribution is 7.85. The number of phenolic OH excluding ortho intramolecular Hbond substituents is 1. The van der Waals surface area contributed by atoms with Crippen LogP contribution in [0.4, 0.5) is 4.39 Å². The van der Waals surface area contributed by atoms with E-state index in [4.69, 9.17) is 14.2 Å². The lowest BCUT2D eigenvalue weighted by Crippen LogP contribution is -2.44. The second-order valence-electron chi connectivity index (χ2n) is 6.80. The highest BCUT2D eigenvalue weighted by Crippen LogP contribution is 2.37. The van der Waals surface area contributed by atoms with Crippen LogP contribution in [0.25, 0.3) is 0 Å². The number of benzene rings is 1. The predicted molar refractivity (Wildman–Crippen MR) is 106 cm³/mol. The largest absolute Gasteiger partial charge is 0.508 e. The zero-order valence-electron chi connectivity index (χ0n) is 16.8. The van der Waals surface area contributed by atoms with Gasteiger partial charge in [-0.2, -0.15) is 0 Å². The van der Waals surface area contributed by atoms with E-state index in [9.17, 15) is 28.5 Å². The van der Waals surface area contributed by atoms with Crippen LogP contribution in [-0.2, 0) is 34.6 Å². The fourth-order valence-corrected chi connectivity index (χ4v) is 4.33. The van der Waals surface area contributed by atoms with Crippen LogP contribution in [0.1, 0.15) is 20.1 Å². The number of nitrogens with one attached hydrogen (secondary N) is 1. The molecule has 1 aliphatic heterocycles. The third kappa shape index (κ3) is 4.94. The summed E-state index contributed by atoms with van der Waals surface area (Å²) in [7, 11) is -2.35. The van der Waals surface area contributed by atoms with Crippen molar-refractivity contribution in [3.8, 4) is 5.75 Å². The van der Waals surface area contributed by atoms with Crippen molar-refractivity contribution < 1.29 is 37.5 Å². The van der Waals surface area contributed by atoms with E-state index in [0.29, 0.717) is 0 Å². The third-order valence-corrected chi connectivity index (χ3v) is 5.90. The molecule has 0 saturated carbocycles. The number of carbonyl (C=O) groups excluding carboxylic acids is 2. The van der Waals surface area contributed by atoms with Crippen molar-refractivity contribution in [2.45, 2.75) is 48.8 Å². The molecule has 0 aliphatic carbocycles. The van der Waals surface area contributed by atoms with Gasteiger partial charge < -0.3 is 19.3 Å². The number of phenols is 1. The first-order valence-electron chi connectivity index (χ1n) is 9.23. The molecule has 0 amide bonds. The zero-order valence-corrected chi connectivity index (χ0v) is 17.6. The molecule has 0 bridgehead atoms.